The Hall–Kier alpha value is -0.260. The molecule has 90 valence electrons. The molecule has 0 fully saturated rings. The minimum Gasteiger partial charge on any atom is -0.395 e. The van der Waals surface area contributed by atoms with Gasteiger partial charge < -0.3 is 15.2 Å². The summed E-state index contributed by atoms with van der Waals surface area (Å²) in [5.74, 6) is 0.0204. The number of methoxy groups -OCH3 is 1. The molecule has 1 amide bonds. The highest BCUT2D eigenvalue weighted by atomic mass is 32.2. The van der Waals surface area contributed by atoms with E-state index in [1.165, 1.54) is 0 Å². The van der Waals surface area contributed by atoms with Crippen LogP contribution in [-0.4, -0.2) is 48.9 Å². The Morgan fingerprint density at radius 3 is 2.73 bits per heavy atom. The normalized spacial score (nSPS) is 14.7. The quantitative estimate of drug-likeness (QED) is 0.606. The Bertz CT molecular complexity index is 174. The van der Waals surface area contributed by atoms with Crippen LogP contribution in [0.25, 0.3) is 0 Å². The first-order valence-corrected chi connectivity index (χ1v) is 6.36. The number of thioether (sulfide) groups is 1. The number of hydrogen-bond acceptors (Lipinski definition) is 4. The molecule has 0 bridgehead atoms. The van der Waals surface area contributed by atoms with Gasteiger partial charge in [0.2, 0.25) is 5.91 Å². The van der Waals surface area contributed by atoms with Gasteiger partial charge in [0.25, 0.3) is 0 Å². The van der Waals surface area contributed by atoms with Crippen molar-refractivity contribution >= 4 is 17.7 Å². The van der Waals surface area contributed by atoms with Crippen LogP contribution < -0.4 is 5.32 Å². The van der Waals surface area contributed by atoms with Crippen LogP contribution in [0.15, 0.2) is 0 Å². The molecule has 0 aromatic carbocycles. The average Bonchev–Trinajstić information content (AvgIpc) is 2.20. The van der Waals surface area contributed by atoms with E-state index in [-0.39, 0.29) is 23.8 Å². The molecule has 0 spiro atoms. The summed E-state index contributed by atoms with van der Waals surface area (Å²) in [5.41, 5.74) is 0. The third-order valence-corrected chi connectivity index (χ3v) is 3.34. The molecule has 5 heteroatoms. The molecule has 0 rings (SSSR count). The number of amides is 1. The summed E-state index contributed by atoms with van der Waals surface area (Å²) in [6.07, 6.45) is 3.14. The second-order valence-corrected chi connectivity index (χ2v) is 4.49. The summed E-state index contributed by atoms with van der Waals surface area (Å²) in [6, 6.07) is 0.0000416. The number of hydrogen-bond donors (Lipinski definition) is 2. The Labute approximate surface area is 95.8 Å². The Morgan fingerprint density at radius 2 is 2.27 bits per heavy atom. The van der Waals surface area contributed by atoms with Crippen LogP contribution in [-0.2, 0) is 9.53 Å². The summed E-state index contributed by atoms with van der Waals surface area (Å²) in [6.45, 7) is 2.60. The summed E-state index contributed by atoms with van der Waals surface area (Å²) in [7, 11) is 1.62. The zero-order valence-corrected chi connectivity index (χ0v) is 10.5. The molecule has 4 nitrogen and oxygen atoms in total. The summed E-state index contributed by atoms with van der Waals surface area (Å²) in [4.78, 5) is 11.4. The Morgan fingerprint density at radius 1 is 1.60 bits per heavy atom. The molecular formula is C10H21NO3S. The molecule has 0 heterocycles. The van der Waals surface area contributed by atoms with Gasteiger partial charge in [-0.3, -0.25) is 4.79 Å². The number of rotatable bonds is 8. The van der Waals surface area contributed by atoms with Crippen LogP contribution in [0.1, 0.15) is 19.8 Å². The van der Waals surface area contributed by atoms with Gasteiger partial charge in [-0.25, -0.2) is 0 Å². The lowest BCUT2D eigenvalue weighted by Gasteiger charge is -2.21. The topological polar surface area (TPSA) is 58.6 Å². The van der Waals surface area contributed by atoms with Crippen LogP contribution in [0.3, 0.4) is 0 Å². The van der Waals surface area contributed by atoms with Crippen LogP contribution in [0.5, 0.6) is 0 Å². The number of ether oxygens (including phenoxy) is 1. The van der Waals surface area contributed by atoms with Crippen molar-refractivity contribution in [3.8, 4) is 0 Å². The van der Waals surface area contributed by atoms with E-state index in [1.54, 1.807) is 18.9 Å². The SMILES string of the molecule is COCCCC(=O)NC(C)C(CO)SC. The van der Waals surface area contributed by atoms with Gasteiger partial charge in [-0.1, -0.05) is 0 Å². The molecule has 0 aliphatic heterocycles. The maximum absolute atomic E-state index is 11.4. The van der Waals surface area contributed by atoms with Gasteiger partial charge in [0.05, 0.1) is 6.61 Å². The smallest absolute Gasteiger partial charge is 0.220 e. The second kappa shape index (κ2) is 9.00. The van der Waals surface area contributed by atoms with Gasteiger partial charge in [-0.05, 0) is 19.6 Å². The zero-order valence-electron chi connectivity index (χ0n) is 9.66. The fraction of sp³-hybridized carbons (Fsp3) is 0.900. The average molecular weight is 235 g/mol. The first kappa shape index (κ1) is 14.7. The Kier molecular flexibility index (Phi) is 8.85. The monoisotopic (exact) mass is 235 g/mol. The lowest BCUT2D eigenvalue weighted by Crippen LogP contribution is -2.41. The van der Waals surface area contributed by atoms with E-state index < -0.39 is 0 Å². The zero-order chi connectivity index (χ0) is 11.7. The molecule has 0 aliphatic carbocycles. The number of aliphatic hydroxyl groups is 1. The predicted octanol–water partition coefficient (Wildman–Crippen LogP) is 0.642. The van der Waals surface area contributed by atoms with Gasteiger partial charge in [0.15, 0.2) is 0 Å². The van der Waals surface area contributed by atoms with Crippen LogP contribution in [0.4, 0.5) is 0 Å². The van der Waals surface area contributed by atoms with E-state index in [2.05, 4.69) is 5.32 Å². The maximum atomic E-state index is 11.4. The Balaban J connectivity index is 3.74. The third kappa shape index (κ3) is 6.76. The van der Waals surface area contributed by atoms with Gasteiger partial charge in [0.1, 0.15) is 0 Å². The molecule has 0 saturated heterocycles. The van der Waals surface area contributed by atoms with Crippen molar-refractivity contribution in [2.45, 2.75) is 31.1 Å². The first-order valence-electron chi connectivity index (χ1n) is 5.07. The van der Waals surface area contributed by atoms with Crippen molar-refractivity contribution in [3.63, 3.8) is 0 Å². The van der Waals surface area contributed by atoms with Crippen LogP contribution in [0.2, 0.25) is 0 Å². The molecule has 0 radical (unpaired) electrons. The lowest BCUT2D eigenvalue weighted by atomic mass is 10.2. The highest BCUT2D eigenvalue weighted by Crippen LogP contribution is 2.10. The minimum atomic E-state index is 0.0000416. The van der Waals surface area contributed by atoms with Crippen molar-refractivity contribution in [3.05, 3.63) is 0 Å². The summed E-state index contributed by atoms with van der Waals surface area (Å²) >= 11 is 1.56. The van der Waals surface area contributed by atoms with Crippen molar-refractivity contribution in [2.75, 3.05) is 26.6 Å². The predicted molar refractivity (Wildman–Crippen MR) is 63.1 cm³/mol. The van der Waals surface area contributed by atoms with Crippen LogP contribution in [0, 0.1) is 0 Å². The minimum absolute atomic E-state index is 0.0000416. The standard InChI is InChI=1S/C10H21NO3S/c1-8(9(7-12)15-3)11-10(13)5-4-6-14-2/h8-9,12H,4-7H2,1-3H3,(H,11,13). The number of carbonyl (C=O) groups is 1. The summed E-state index contributed by atoms with van der Waals surface area (Å²) < 4.78 is 4.86. The number of carbonyl (C=O) groups excluding carboxylic acids is 1. The number of nitrogens with one attached hydrogen (secondary N) is 1. The molecule has 0 aromatic heterocycles. The van der Waals surface area contributed by atoms with Crippen LogP contribution >= 0.6 is 11.8 Å². The molecule has 2 N–H and O–H groups in total. The van der Waals surface area contributed by atoms with Gasteiger partial charge in [-0.2, -0.15) is 11.8 Å². The number of aliphatic hydroxyl groups excluding tert-OH is 1. The fourth-order valence-electron chi connectivity index (χ4n) is 1.23. The summed E-state index contributed by atoms with van der Waals surface area (Å²) in [5, 5.41) is 12.0. The molecule has 2 unspecified atom stereocenters. The van der Waals surface area contributed by atoms with Gasteiger partial charge in [0, 0.05) is 31.4 Å². The van der Waals surface area contributed by atoms with E-state index in [9.17, 15) is 4.79 Å². The molecule has 2 atom stereocenters. The van der Waals surface area contributed by atoms with E-state index in [0.29, 0.717) is 13.0 Å². The maximum Gasteiger partial charge on any atom is 0.220 e. The molecule has 0 aromatic rings. The lowest BCUT2D eigenvalue weighted by molar-refractivity contribution is -0.122. The third-order valence-electron chi connectivity index (χ3n) is 2.18. The highest BCUT2D eigenvalue weighted by molar-refractivity contribution is 7.99. The van der Waals surface area contributed by atoms with E-state index in [4.69, 9.17) is 9.84 Å². The molecule has 15 heavy (non-hydrogen) atoms. The van der Waals surface area contributed by atoms with E-state index in [1.807, 2.05) is 13.2 Å². The van der Waals surface area contributed by atoms with E-state index >= 15 is 0 Å². The van der Waals surface area contributed by atoms with Gasteiger partial charge in [-0.15, -0.1) is 0 Å². The highest BCUT2D eigenvalue weighted by Gasteiger charge is 2.16. The van der Waals surface area contributed by atoms with Gasteiger partial charge >= 0.3 is 0 Å². The molecule has 0 saturated carbocycles. The second-order valence-electron chi connectivity index (χ2n) is 3.41. The molecule has 0 aliphatic rings. The van der Waals surface area contributed by atoms with Crippen molar-refractivity contribution < 1.29 is 14.6 Å². The largest absolute Gasteiger partial charge is 0.395 e. The first-order chi connectivity index (χ1) is 7.15. The molecular weight excluding hydrogens is 214 g/mol. The van der Waals surface area contributed by atoms with Crippen molar-refractivity contribution in [1.82, 2.24) is 5.32 Å². The van der Waals surface area contributed by atoms with E-state index in [0.717, 1.165) is 6.42 Å². The van der Waals surface area contributed by atoms with Crippen molar-refractivity contribution in [2.24, 2.45) is 0 Å². The van der Waals surface area contributed by atoms with Crippen molar-refractivity contribution in [1.29, 1.82) is 0 Å². The fourth-order valence-corrected chi connectivity index (χ4v) is 1.86.